The van der Waals surface area contributed by atoms with Gasteiger partial charge < -0.3 is 5.73 Å². The van der Waals surface area contributed by atoms with Crippen molar-refractivity contribution < 1.29 is 8.78 Å². The van der Waals surface area contributed by atoms with Gasteiger partial charge in [-0.05, 0) is 6.92 Å². The van der Waals surface area contributed by atoms with Gasteiger partial charge in [0.1, 0.15) is 5.69 Å². The first-order valence-corrected chi connectivity index (χ1v) is 3.58. The zero-order chi connectivity index (χ0) is 9.19. The van der Waals surface area contributed by atoms with Crippen molar-refractivity contribution in [2.24, 2.45) is 5.73 Å². The van der Waals surface area contributed by atoms with Gasteiger partial charge in [0.15, 0.2) is 0 Å². The first-order valence-electron chi connectivity index (χ1n) is 3.58. The van der Waals surface area contributed by atoms with Crippen LogP contribution in [0.15, 0.2) is 6.20 Å². The van der Waals surface area contributed by atoms with Crippen LogP contribution in [0.2, 0.25) is 0 Å². The second-order valence-corrected chi connectivity index (χ2v) is 2.34. The SMILES string of the molecule is CCn1nncc1C(F)(F)CN. The largest absolute Gasteiger partial charge is 0.325 e. The van der Waals surface area contributed by atoms with Gasteiger partial charge in [-0.1, -0.05) is 5.21 Å². The van der Waals surface area contributed by atoms with Crippen LogP contribution in [0, 0.1) is 0 Å². The average molecular weight is 176 g/mol. The van der Waals surface area contributed by atoms with E-state index in [9.17, 15) is 8.78 Å². The standard InChI is InChI=1S/C6H10F2N4/c1-2-12-5(3-10-11-12)6(7,8)4-9/h3H,2,4,9H2,1H3. The van der Waals surface area contributed by atoms with Gasteiger partial charge in [-0.25, -0.2) is 4.68 Å². The van der Waals surface area contributed by atoms with Crippen LogP contribution in [0.4, 0.5) is 8.78 Å². The van der Waals surface area contributed by atoms with E-state index in [2.05, 4.69) is 10.3 Å². The van der Waals surface area contributed by atoms with Crippen molar-refractivity contribution in [3.63, 3.8) is 0 Å². The van der Waals surface area contributed by atoms with Crippen molar-refractivity contribution in [3.05, 3.63) is 11.9 Å². The van der Waals surface area contributed by atoms with Gasteiger partial charge in [0, 0.05) is 6.54 Å². The molecule has 0 fully saturated rings. The molecule has 0 aromatic carbocycles. The highest BCUT2D eigenvalue weighted by molar-refractivity contribution is 5.04. The second-order valence-electron chi connectivity index (χ2n) is 2.34. The number of alkyl halides is 2. The van der Waals surface area contributed by atoms with Crippen LogP contribution >= 0.6 is 0 Å². The fourth-order valence-electron chi connectivity index (χ4n) is 0.879. The maximum absolute atomic E-state index is 12.9. The van der Waals surface area contributed by atoms with Crippen molar-refractivity contribution in [1.29, 1.82) is 0 Å². The predicted octanol–water partition coefficient (Wildman–Crippen LogP) is 0.349. The lowest BCUT2D eigenvalue weighted by Crippen LogP contribution is -2.28. The van der Waals surface area contributed by atoms with Crippen molar-refractivity contribution >= 4 is 0 Å². The molecule has 4 nitrogen and oxygen atoms in total. The second kappa shape index (κ2) is 3.14. The Labute approximate surface area is 68.4 Å². The molecule has 0 spiro atoms. The lowest BCUT2D eigenvalue weighted by molar-refractivity contribution is -0.00321. The van der Waals surface area contributed by atoms with E-state index in [0.717, 1.165) is 10.9 Å². The first kappa shape index (κ1) is 9.05. The summed E-state index contributed by atoms with van der Waals surface area (Å²) in [7, 11) is 0. The van der Waals surface area contributed by atoms with Crippen LogP contribution in [0.1, 0.15) is 12.6 Å². The summed E-state index contributed by atoms with van der Waals surface area (Å²) in [6, 6.07) is 0. The fourth-order valence-corrected chi connectivity index (χ4v) is 0.879. The normalized spacial score (nSPS) is 12.0. The lowest BCUT2D eigenvalue weighted by atomic mass is 10.2. The van der Waals surface area contributed by atoms with Gasteiger partial charge in [-0.15, -0.1) is 5.10 Å². The topological polar surface area (TPSA) is 56.7 Å². The van der Waals surface area contributed by atoms with E-state index in [1.54, 1.807) is 6.92 Å². The molecule has 0 aliphatic heterocycles. The monoisotopic (exact) mass is 176 g/mol. The number of hydrogen-bond acceptors (Lipinski definition) is 3. The third-order valence-corrected chi connectivity index (χ3v) is 1.55. The first-order chi connectivity index (χ1) is 5.61. The Hall–Kier alpha value is -1.04. The number of rotatable bonds is 3. The predicted molar refractivity (Wildman–Crippen MR) is 38.6 cm³/mol. The van der Waals surface area contributed by atoms with Crippen LogP contribution in [0.25, 0.3) is 0 Å². The van der Waals surface area contributed by atoms with Crippen molar-refractivity contribution in [1.82, 2.24) is 15.0 Å². The maximum Gasteiger partial charge on any atom is 0.302 e. The number of aromatic nitrogens is 3. The molecule has 68 valence electrons. The van der Waals surface area contributed by atoms with Gasteiger partial charge >= 0.3 is 5.92 Å². The average Bonchev–Trinajstić information content (AvgIpc) is 2.52. The minimum Gasteiger partial charge on any atom is -0.325 e. The Bertz CT molecular complexity index is 258. The Balaban J connectivity index is 3.00. The van der Waals surface area contributed by atoms with Gasteiger partial charge in [0.05, 0.1) is 12.7 Å². The molecular weight excluding hydrogens is 166 g/mol. The molecule has 0 saturated heterocycles. The molecule has 0 radical (unpaired) electrons. The minimum absolute atomic E-state index is 0.229. The van der Waals surface area contributed by atoms with Crippen molar-refractivity contribution in [3.8, 4) is 0 Å². The molecular formula is C6H10F2N4. The van der Waals surface area contributed by atoms with E-state index in [4.69, 9.17) is 5.73 Å². The maximum atomic E-state index is 12.9. The number of hydrogen-bond donors (Lipinski definition) is 1. The van der Waals surface area contributed by atoms with E-state index < -0.39 is 12.5 Å². The Morgan fingerprint density at radius 1 is 1.67 bits per heavy atom. The van der Waals surface area contributed by atoms with Gasteiger partial charge in [-0.3, -0.25) is 0 Å². The molecule has 0 unspecified atom stereocenters. The van der Waals surface area contributed by atoms with Gasteiger partial charge in [0.25, 0.3) is 0 Å². The Morgan fingerprint density at radius 2 is 2.33 bits per heavy atom. The molecule has 2 N–H and O–H groups in total. The summed E-state index contributed by atoms with van der Waals surface area (Å²) < 4.78 is 27.0. The van der Waals surface area contributed by atoms with Crippen LogP contribution < -0.4 is 5.73 Å². The highest BCUT2D eigenvalue weighted by atomic mass is 19.3. The molecule has 0 aliphatic carbocycles. The highest BCUT2D eigenvalue weighted by Crippen LogP contribution is 2.24. The summed E-state index contributed by atoms with van der Waals surface area (Å²) in [5.74, 6) is -3.03. The molecule has 1 heterocycles. The molecule has 1 aromatic heterocycles. The molecule has 12 heavy (non-hydrogen) atoms. The summed E-state index contributed by atoms with van der Waals surface area (Å²) in [5.41, 5.74) is 4.67. The molecule has 1 aromatic rings. The van der Waals surface area contributed by atoms with Crippen LogP contribution in [0.5, 0.6) is 0 Å². The molecule has 0 atom stereocenters. The summed E-state index contributed by atoms with van der Waals surface area (Å²) in [4.78, 5) is 0. The fraction of sp³-hybridized carbons (Fsp3) is 0.667. The molecule has 0 aliphatic rings. The Morgan fingerprint density at radius 3 is 2.83 bits per heavy atom. The van der Waals surface area contributed by atoms with Gasteiger partial charge in [-0.2, -0.15) is 8.78 Å². The number of halogens is 2. The number of aryl methyl sites for hydroxylation is 1. The van der Waals surface area contributed by atoms with Crippen LogP contribution in [-0.2, 0) is 12.5 Å². The van der Waals surface area contributed by atoms with E-state index in [0.29, 0.717) is 6.54 Å². The number of nitrogens with zero attached hydrogens (tertiary/aromatic N) is 3. The minimum atomic E-state index is -3.03. The number of nitrogens with two attached hydrogens (primary N) is 1. The molecule has 0 bridgehead atoms. The summed E-state index contributed by atoms with van der Waals surface area (Å²) >= 11 is 0. The molecule has 6 heteroatoms. The smallest absolute Gasteiger partial charge is 0.302 e. The molecule has 0 saturated carbocycles. The van der Waals surface area contributed by atoms with E-state index in [-0.39, 0.29) is 5.69 Å². The van der Waals surface area contributed by atoms with Crippen molar-refractivity contribution in [2.75, 3.05) is 6.54 Å². The molecule has 1 rings (SSSR count). The highest BCUT2D eigenvalue weighted by Gasteiger charge is 2.33. The van der Waals surface area contributed by atoms with Crippen LogP contribution in [-0.4, -0.2) is 21.5 Å². The third-order valence-electron chi connectivity index (χ3n) is 1.55. The van der Waals surface area contributed by atoms with Crippen molar-refractivity contribution in [2.45, 2.75) is 19.4 Å². The molecule has 0 amide bonds. The zero-order valence-corrected chi connectivity index (χ0v) is 6.67. The quantitative estimate of drug-likeness (QED) is 0.722. The summed E-state index contributed by atoms with van der Waals surface area (Å²) in [5, 5.41) is 6.86. The van der Waals surface area contributed by atoms with E-state index in [1.165, 1.54) is 0 Å². The lowest BCUT2D eigenvalue weighted by Gasteiger charge is -2.13. The summed E-state index contributed by atoms with van der Waals surface area (Å²) in [6.07, 6.45) is 1.04. The summed E-state index contributed by atoms with van der Waals surface area (Å²) in [6.45, 7) is 1.36. The van der Waals surface area contributed by atoms with Gasteiger partial charge in [0.2, 0.25) is 0 Å². The Kier molecular flexibility index (Phi) is 2.37. The third kappa shape index (κ3) is 1.42. The van der Waals surface area contributed by atoms with E-state index >= 15 is 0 Å². The zero-order valence-electron chi connectivity index (χ0n) is 6.67. The van der Waals surface area contributed by atoms with E-state index in [1.807, 2.05) is 0 Å². The van der Waals surface area contributed by atoms with Crippen LogP contribution in [0.3, 0.4) is 0 Å².